The van der Waals surface area contributed by atoms with Crippen molar-refractivity contribution < 1.29 is 22.0 Å². The molecule has 1 aliphatic rings. The number of hydrogen-bond acceptors (Lipinski definition) is 2. The van der Waals surface area contributed by atoms with Crippen molar-refractivity contribution >= 4 is 24.8 Å². The van der Waals surface area contributed by atoms with Gasteiger partial charge in [0.1, 0.15) is 12.5 Å². The predicted octanol–water partition coefficient (Wildman–Crippen LogP) is 3.60. The van der Waals surface area contributed by atoms with Crippen LogP contribution in [0, 0.1) is 5.82 Å². The summed E-state index contributed by atoms with van der Waals surface area (Å²) in [6.45, 7) is 1.25. The highest BCUT2D eigenvalue weighted by Crippen LogP contribution is 2.33. The number of nitrogens with one attached hydrogen (secondary N) is 1. The van der Waals surface area contributed by atoms with Crippen molar-refractivity contribution in [1.29, 1.82) is 0 Å². The van der Waals surface area contributed by atoms with Crippen LogP contribution in [0.15, 0.2) is 18.2 Å². The Morgan fingerprint density at radius 1 is 1.14 bits per heavy atom. The topological polar surface area (TPSA) is 15.3 Å². The van der Waals surface area contributed by atoms with Gasteiger partial charge in [-0.2, -0.15) is 13.2 Å². The van der Waals surface area contributed by atoms with E-state index >= 15 is 0 Å². The number of nitrogens with zero attached hydrogens (tertiary/aromatic N) is 1. The van der Waals surface area contributed by atoms with E-state index in [2.05, 4.69) is 5.32 Å². The Bertz CT molecular complexity index is 464. The second-order valence-corrected chi connectivity index (χ2v) is 4.69. The average molecular weight is 367 g/mol. The maximum absolute atomic E-state index is 13.8. The number of rotatable bonds is 3. The van der Waals surface area contributed by atoms with E-state index in [-0.39, 0.29) is 30.4 Å². The van der Waals surface area contributed by atoms with Crippen molar-refractivity contribution in [1.82, 2.24) is 10.2 Å². The van der Waals surface area contributed by atoms with Crippen LogP contribution in [0.25, 0.3) is 0 Å². The van der Waals surface area contributed by atoms with E-state index in [1.807, 2.05) is 0 Å². The first-order valence-electron chi connectivity index (χ1n) is 6.31. The van der Waals surface area contributed by atoms with E-state index in [9.17, 15) is 22.0 Å². The molecule has 0 aromatic heterocycles. The SMILES string of the molecule is Cl.Cl.FC[C@@H](c1cc(C(F)(F)F)ccc1F)N1CCNCC1. The molecule has 22 heavy (non-hydrogen) atoms. The molecule has 1 saturated heterocycles. The molecule has 2 nitrogen and oxygen atoms in total. The summed E-state index contributed by atoms with van der Waals surface area (Å²) in [6.07, 6.45) is -4.56. The highest BCUT2D eigenvalue weighted by atomic mass is 35.5. The zero-order chi connectivity index (χ0) is 14.8. The second kappa shape index (κ2) is 8.86. The molecule has 1 aromatic rings. The van der Waals surface area contributed by atoms with E-state index in [1.165, 1.54) is 0 Å². The van der Waals surface area contributed by atoms with Crippen molar-refractivity contribution in [2.45, 2.75) is 12.2 Å². The fraction of sp³-hybridized carbons (Fsp3) is 0.538. The molecular formula is C13H17Cl2F5N2. The zero-order valence-electron chi connectivity index (χ0n) is 11.5. The molecule has 0 radical (unpaired) electrons. The summed E-state index contributed by atoms with van der Waals surface area (Å²) in [5.41, 5.74) is -1.19. The third-order valence-electron chi connectivity index (χ3n) is 3.42. The van der Waals surface area contributed by atoms with Gasteiger partial charge in [0.05, 0.1) is 11.6 Å². The number of hydrogen-bond donors (Lipinski definition) is 1. The van der Waals surface area contributed by atoms with Crippen LogP contribution in [0.1, 0.15) is 17.2 Å². The summed E-state index contributed by atoms with van der Waals surface area (Å²) >= 11 is 0. The first-order valence-corrected chi connectivity index (χ1v) is 6.31. The normalized spacial score (nSPS) is 17.3. The van der Waals surface area contributed by atoms with Crippen molar-refractivity contribution in [2.24, 2.45) is 0 Å². The molecule has 9 heteroatoms. The summed E-state index contributed by atoms with van der Waals surface area (Å²) in [5.74, 6) is -0.806. The minimum atomic E-state index is -4.56. The van der Waals surface area contributed by atoms with Crippen LogP contribution in [0.5, 0.6) is 0 Å². The molecule has 1 atom stereocenters. The van der Waals surface area contributed by atoms with Crippen LogP contribution in [0.4, 0.5) is 22.0 Å². The molecule has 1 N–H and O–H groups in total. The van der Waals surface area contributed by atoms with Crippen LogP contribution in [0.2, 0.25) is 0 Å². The van der Waals surface area contributed by atoms with Gasteiger partial charge >= 0.3 is 6.18 Å². The second-order valence-electron chi connectivity index (χ2n) is 4.69. The smallest absolute Gasteiger partial charge is 0.314 e. The molecule has 0 spiro atoms. The van der Waals surface area contributed by atoms with Gasteiger partial charge in [-0.05, 0) is 18.2 Å². The van der Waals surface area contributed by atoms with E-state index in [0.717, 1.165) is 6.07 Å². The summed E-state index contributed by atoms with van der Waals surface area (Å²) in [4.78, 5) is 1.66. The Hall–Kier alpha value is -0.630. The number of halogens is 7. The minimum Gasteiger partial charge on any atom is -0.314 e. The molecular weight excluding hydrogens is 350 g/mol. The van der Waals surface area contributed by atoms with Crippen molar-refractivity contribution in [2.75, 3.05) is 32.9 Å². The van der Waals surface area contributed by atoms with Crippen molar-refractivity contribution in [3.8, 4) is 0 Å². The Balaban J connectivity index is 0.00000220. The molecule has 1 heterocycles. The van der Waals surface area contributed by atoms with Crippen LogP contribution < -0.4 is 5.32 Å². The molecule has 0 saturated carbocycles. The third kappa shape index (κ3) is 4.94. The van der Waals surface area contributed by atoms with Gasteiger partial charge in [-0.15, -0.1) is 24.8 Å². The molecule has 0 aliphatic carbocycles. The Morgan fingerprint density at radius 3 is 2.23 bits per heavy atom. The van der Waals surface area contributed by atoms with Gasteiger partial charge in [0.25, 0.3) is 0 Å². The van der Waals surface area contributed by atoms with Crippen LogP contribution >= 0.6 is 24.8 Å². The summed E-state index contributed by atoms with van der Waals surface area (Å²) < 4.78 is 65.0. The van der Waals surface area contributed by atoms with Crippen LogP contribution in [-0.4, -0.2) is 37.8 Å². The fourth-order valence-electron chi connectivity index (χ4n) is 2.35. The van der Waals surface area contributed by atoms with Crippen LogP contribution in [-0.2, 0) is 6.18 Å². The maximum atomic E-state index is 13.8. The monoisotopic (exact) mass is 366 g/mol. The zero-order valence-corrected chi connectivity index (χ0v) is 13.1. The highest BCUT2D eigenvalue weighted by molar-refractivity contribution is 5.85. The first kappa shape index (κ1) is 21.4. The van der Waals surface area contributed by atoms with E-state index in [0.29, 0.717) is 38.3 Å². The van der Waals surface area contributed by atoms with Gasteiger partial charge in [-0.3, -0.25) is 4.90 Å². The predicted molar refractivity (Wildman–Crippen MR) is 79.1 cm³/mol. The molecule has 0 bridgehead atoms. The van der Waals surface area contributed by atoms with Crippen molar-refractivity contribution in [3.05, 3.63) is 35.1 Å². The maximum Gasteiger partial charge on any atom is 0.416 e. The quantitative estimate of drug-likeness (QED) is 0.822. The van der Waals surface area contributed by atoms with Gasteiger partial charge in [0, 0.05) is 31.7 Å². The average Bonchev–Trinajstić information content (AvgIpc) is 2.41. The van der Waals surface area contributed by atoms with Crippen LogP contribution in [0.3, 0.4) is 0 Å². The number of benzene rings is 1. The van der Waals surface area contributed by atoms with E-state index < -0.39 is 30.3 Å². The lowest BCUT2D eigenvalue weighted by molar-refractivity contribution is -0.137. The Morgan fingerprint density at radius 2 is 1.73 bits per heavy atom. The summed E-state index contributed by atoms with van der Waals surface area (Å²) in [7, 11) is 0. The third-order valence-corrected chi connectivity index (χ3v) is 3.42. The standard InChI is InChI=1S/C13H15F5N2.2ClH/c14-8-12(20-5-3-19-4-6-20)10-7-9(13(16,17)18)1-2-11(10)15;;/h1-2,7,12,19H,3-6,8H2;2*1H/t12-;;/m0../s1. The minimum absolute atomic E-state index is 0. The molecule has 2 rings (SSSR count). The molecule has 128 valence electrons. The van der Waals surface area contributed by atoms with E-state index in [4.69, 9.17) is 0 Å². The number of alkyl halides is 4. The molecule has 1 aromatic carbocycles. The van der Waals surface area contributed by atoms with Gasteiger partial charge in [-0.25, -0.2) is 8.78 Å². The molecule has 0 amide bonds. The highest BCUT2D eigenvalue weighted by Gasteiger charge is 2.33. The molecule has 1 fully saturated rings. The van der Waals surface area contributed by atoms with Gasteiger partial charge in [0.15, 0.2) is 0 Å². The summed E-state index contributed by atoms with van der Waals surface area (Å²) in [5, 5.41) is 3.06. The lowest BCUT2D eigenvalue weighted by Gasteiger charge is -2.34. The first-order chi connectivity index (χ1) is 9.43. The van der Waals surface area contributed by atoms with E-state index in [1.54, 1.807) is 4.90 Å². The van der Waals surface area contributed by atoms with Gasteiger partial charge in [0.2, 0.25) is 0 Å². The Labute approximate surface area is 137 Å². The van der Waals surface area contributed by atoms with Crippen molar-refractivity contribution in [3.63, 3.8) is 0 Å². The lowest BCUT2D eigenvalue weighted by atomic mass is 10.0. The lowest BCUT2D eigenvalue weighted by Crippen LogP contribution is -2.45. The largest absolute Gasteiger partial charge is 0.416 e. The fourth-order valence-corrected chi connectivity index (χ4v) is 2.35. The summed E-state index contributed by atoms with van der Waals surface area (Å²) in [6, 6.07) is 1.16. The van der Waals surface area contributed by atoms with Gasteiger partial charge < -0.3 is 5.32 Å². The number of piperazine rings is 1. The Kier molecular flexibility index (Phi) is 8.61. The molecule has 1 aliphatic heterocycles. The van der Waals surface area contributed by atoms with Gasteiger partial charge in [-0.1, -0.05) is 0 Å². The molecule has 0 unspecified atom stereocenters.